The topological polar surface area (TPSA) is 58.9 Å². The smallest absolute Gasteiger partial charge is 0.137 e. The van der Waals surface area contributed by atoms with E-state index in [0.717, 1.165) is 0 Å². The Kier molecular flexibility index (Phi) is 3.71. The molecule has 0 saturated carbocycles. The van der Waals surface area contributed by atoms with Crippen LogP contribution in [-0.4, -0.2) is 42.7 Å². The summed E-state index contributed by atoms with van der Waals surface area (Å²) in [6.07, 6.45) is 3.09. The average Bonchev–Trinajstić information content (AvgIpc) is 2.59. The van der Waals surface area contributed by atoms with Crippen LogP contribution in [0.25, 0.3) is 0 Å². The van der Waals surface area contributed by atoms with Crippen molar-refractivity contribution in [2.45, 2.75) is 18.4 Å². The quantitative estimate of drug-likeness (QED) is 0.640. The fourth-order valence-corrected chi connectivity index (χ4v) is 1.38. The van der Waals surface area contributed by atoms with Gasteiger partial charge in [0, 0.05) is 20.0 Å². The third kappa shape index (κ3) is 2.43. The van der Waals surface area contributed by atoms with E-state index < -0.39 is 5.60 Å². The number of aliphatic hydroxyl groups is 2. The highest BCUT2D eigenvalue weighted by Crippen LogP contribution is 2.30. The normalized spacial score (nSPS) is 27.2. The van der Waals surface area contributed by atoms with E-state index in [9.17, 15) is 0 Å². The van der Waals surface area contributed by atoms with E-state index >= 15 is 0 Å². The van der Waals surface area contributed by atoms with Gasteiger partial charge in [0.1, 0.15) is 18.0 Å². The molecule has 13 heavy (non-hydrogen) atoms. The lowest BCUT2D eigenvalue weighted by Gasteiger charge is -2.27. The van der Waals surface area contributed by atoms with Gasteiger partial charge in [0.15, 0.2) is 0 Å². The summed E-state index contributed by atoms with van der Waals surface area (Å²) in [5, 5.41) is 18.0. The molecular weight excluding hydrogens is 172 g/mol. The largest absolute Gasteiger partial charge is 0.487 e. The van der Waals surface area contributed by atoms with E-state index in [1.807, 2.05) is 6.08 Å². The van der Waals surface area contributed by atoms with Crippen molar-refractivity contribution >= 4 is 0 Å². The minimum atomic E-state index is -0.561. The van der Waals surface area contributed by atoms with Crippen molar-refractivity contribution < 1.29 is 19.7 Å². The molecular formula is C9H16O4. The Balaban J connectivity index is 2.46. The van der Waals surface area contributed by atoms with Crippen molar-refractivity contribution in [3.05, 3.63) is 11.8 Å². The molecule has 0 amide bonds. The molecule has 0 radical (unpaired) electrons. The van der Waals surface area contributed by atoms with Gasteiger partial charge in [-0.05, 0) is 6.08 Å². The van der Waals surface area contributed by atoms with Gasteiger partial charge < -0.3 is 19.7 Å². The first-order chi connectivity index (χ1) is 6.26. The lowest BCUT2D eigenvalue weighted by atomic mass is 9.98. The molecule has 0 aromatic heterocycles. The van der Waals surface area contributed by atoms with Crippen LogP contribution in [0.4, 0.5) is 0 Å². The Morgan fingerprint density at radius 2 is 2.38 bits per heavy atom. The van der Waals surface area contributed by atoms with Crippen LogP contribution >= 0.6 is 0 Å². The second-order valence-electron chi connectivity index (χ2n) is 3.22. The van der Waals surface area contributed by atoms with Gasteiger partial charge in [-0.1, -0.05) is 0 Å². The summed E-state index contributed by atoms with van der Waals surface area (Å²) in [5.74, 6) is 0.546. The molecule has 0 spiro atoms. The molecule has 4 nitrogen and oxygen atoms in total. The van der Waals surface area contributed by atoms with E-state index in [1.165, 1.54) is 0 Å². The van der Waals surface area contributed by atoms with Crippen molar-refractivity contribution in [2.24, 2.45) is 0 Å². The van der Waals surface area contributed by atoms with Crippen LogP contribution in [0.15, 0.2) is 11.8 Å². The molecule has 2 N–H and O–H groups in total. The monoisotopic (exact) mass is 188 g/mol. The molecule has 0 aromatic rings. The molecule has 1 aliphatic heterocycles. The molecule has 1 aliphatic rings. The van der Waals surface area contributed by atoms with Crippen LogP contribution in [0.2, 0.25) is 0 Å². The lowest BCUT2D eigenvalue weighted by Crippen LogP contribution is -2.34. The van der Waals surface area contributed by atoms with Crippen LogP contribution in [0.3, 0.4) is 0 Å². The minimum absolute atomic E-state index is 0.0453. The summed E-state index contributed by atoms with van der Waals surface area (Å²) < 4.78 is 10.4. The van der Waals surface area contributed by atoms with Crippen molar-refractivity contribution in [3.8, 4) is 0 Å². The number of ether oxygens (including phenoxy) is 2. The number of hydrogen-bond donors (Lipinski definition) is 2. The van der Waals surface area contributed by atoms with E-state index in [1.54, 1.807) is 7.11 Å². The van der Waals surface area contributed by atoms with Gasteiger partial charge in [-0.25, -0.2) is 0 Å². The molecule has 0 bridgehead atoms. The highest BCUT2D eigenvalue weighted by Gasteiger charge is 2.35. The molecule has 0 fully saturated rings. The van der Waals surface area contributed by atoms with Crippen LogP contribution in [0.5, 0.6) is 0 Å². The Hall–Kier alpha value is -0.580. The van der Waals surface area contributed by atoms with Gasteiger partial charge in [0.2, 0.25) is 0 Å². The Labute approximate surface area is 77.8 Å². The second-order valence-corrected chi connectivity index (χ2v) is 3.22. The summed E-state index contributed by atoms with van der Waals surface area (Å²) in [6, 6.07) is 0. The average molecular weight is 188 g/mol. The van der Waals surface area contributed by atoms with Crippen molar-refractivity contribution in [1.29, 1.82) is 0 Å². The Morgan fingerprint density at radius 1 is 1.62 bits per heavy atom. The van der Waals surface area contributed by atoms with Crippen LogP contribution < -0.4 is 0 Å². The fourth-order valence-electron chi connectivity index (χ4n) is 1.38. The third-order valence-electron chi connectivity index (χ3n) is 2.26. The predicted molar refractivity (Wildman–Crippen MR) is 47.2 cm³/mol. The number of methoxy groups -OCH3 is 1. The van der Waals surface area contributed by atoms with Gasteiger partial charge in [-0.2, -0.15) is 0 Å². The standard InChI is InChI=1S/C9H16O4/c1-12-5-4-9(7-11)3-2-8(6-10)13-9/h2,10-11H,3-7H2,1H3. The van der Waals surface area contributed by atoms with Crippen molar-refractivity contribution in [2.75, 3.05) is 26.9 Å². The summed E-state index contributed by atoms with van der Waals surface area (Å²) in [4.78, 5) is 0. The summed E-state index contributed by atoms with van der Waals surface area (Å²) in [5.41, 5.74) is -0.561. The number of aliphatic hydroxyl groups excluding tert-OH is 2. The molecule has 1 rings (SSSR count). The second kappa shape index (κ2) is 4.60. The molecule has 0 aliphatic carbocycles. The van der Waals surface area contributed by atoms with Gasteiger partial charge in [-0.15, -0.1) is 0 Å². The zero-order valence-electron chi connectivity index (χ0n) is 7.82. The zero-order chi connectivity index (χ0) is 9.73. The van der Waals surface area contributed by atoms with E-state index in [0.29, 0.717) is 25.2 Å². The maximum Gasteiger partial charge on any atom is 0.137 e. The molecule has 1 atom stereocenters. The van der Waals surface area contributed by atoms with Crippen molar-refractivity contribution in [3.63, 3.8) is 0 Å². The summed E-state index contributed by atoms with van der Waals surface area (Å²) in [7, 11) is 1.61. The molecule has 1 heterocycles. The molecule has 1 unspecified atom stereocenters. The Bertz CT molecular complexity index is 190. The molecule has 0 saturated heterocycles. The zero-order valence-corrected chi connectivity index (χ0v) is 7.82. The highest BCUT2D eigenvalue weighted by molar-refractivity contribution is 5.07. The van der Waals surface area contributed by atoms with E-state index in [-0.39, 0.29) is 13.2 Å². The highest BCUT2D eigenvalue weighted by atomic mass is 16.5. The van der Waals surface area contributed by atoms with E-state index in [2.05, 4.69) is 0 Å². The maximum atomic E-state index is 9.16. The van der Waals surface area contributed by atoms with Gasteiger partial charge in [-0.3, -0.25) is 0 Å². The van der Waals surface area contributed by atoms with Gasteiger partial charge in [0.25, 0.3) is 0 Å². The van der Waals surface area contributed by atoms with E-state index in [4.69, 9.17) is 19.7 Å². The minimum Gasteiger partial charge on any atom is -0.487 e. The third-order valence-corrected chi connectivity index (χ3v) is 2.26. The first-order valence-corrected chi connectivity index (χ1v) is 4.35. The summed E-state index contributed by atoms with van der Waals surface area (Å²) >= 11 is 0. The van der Waals surface area contributed by atoms with Crippen LogP contribution in [0, 0.1) is 0 Å². The van der Waals surface area contributed by atoms with Crippen LogP contribution in [0.1, 0.15) is 12.8 Å². The van der Waals surface area contributed by atoms with Gasteiger partial charge in [0.05, 0.1) is 13.2 Å². The summed E-state index contributed by atoms with van der Waals surface area (Å²) in [6.45, 7) is 0.401. The van der Waals surface area contributed by atoms with Gasteiger partial charge >= 0.3 is 0 Å². The molecule has 0 aromatic carbocycles. The predicted octanol–water partition coefficient (Wildman–Crippen LogP) is 0.0505. The number of hydrogen-bond acceptors (Lipinski definition) is 4. The molecule has 76 valence electrons. The maximum absolute atomic E-state index is 9.16. The SMILES string of the molecule is COCCC1(CO)CC=C(CO)O1. The lowest BCUT2D eigenvalue weighted by molar-refractivity contribution is -0.0488. The number of rotatable bonds is 5. The van der Waals surface area contributed by atoms with Crippen LogP contribution in [-0.2, 0) is 9.47 Å². The first kappa shape index (κ1) is 10.5. The first-order valence-electron chi connectivity index (χ1n) is 4.35. The fraction of sp³-hybridized carbons (Fsp3) is 0.778. The Morgan fingerprint density at radius 3 is 2.85 bits per heavy atom. The van der Waals surface area contributed by atoms with Crippen molar-refractivity contribution in [1.82, 2.24) is 0 Å². The molecule has 4 heteroatoms.